The van der Waals surface area contributed by atoms with Crippen LogP contribution in [-0.4, -0.2) is 68.2 Å². The highest BCUT2D eigenvalue weighted by Crippen LogP contribution is 2.38. The smallest absolute Gasteiger partial charge is 0.217 e. The molecule has 2 heterocycles. The highest BCUT2D eigenvalue weighted by Gasteiger charge is 2.45. The summed E-state index contributed by atoms with van der Waals surface area (Å²) in [4.78, 5) is 16.4. The number of likely N-dealkylation sites (tertiary alicyclic amines) is 2. The Balaban J connectivity index is 1.61. The van der Waals surface area contributed by atoms with Gasteiger partial charge < -0.3 is 14.8 Å². The number of rotatable bonds is 6. The standard InChI is InChI=1S/C21H33N3O3/c1-16(25)22-19-12-21(23(2)14-19)7-9-24(10-8-21)13-18-11-17(15-26-3)5-6-20(18)27-4/h5-6,11,19H,7-10,12-15H2,1-4H3,(H,22,25)/t19-/m0/s1. The molecule has 1 aromatic rings. The molecule has 27 heavy (non-hydrogen) atoms. The summed E-state index contributed by atoms with van der Waals surface area (Å²) >= 11 is 0. The Labute approximate surface area is 162 Å². The molecule has 1 amide bonds. The highest BCUT2D eigenvalue weighted by molar-refractivity contribution is 5.73. The number of benzene rings is 1. The van der Waals surface area contributed by atoms with E-state index in [2.05, 4.69) is 34.3 Å². The van der Waals surface area contributed by atoms with Crippen molar-refractivity contribution in [1.29, 1.82) is 0 Å². The van der Waals surface area contributed by atoms with Gasteiger partial charge in [0.2, 0.25) is 5.91 Å². The molecule has 3 rings (SSSR count). The highest BCUT2D eigenvalue weighted by atomic mass is 16.5. The fourth-order valence-corrected chi connectivity index (χ4v) is 4.75. The molecule has 6 nitrogen and oxygen atoms in total. The molecule has 1 N–H and O–H groups in total. The zero-order valence-electron chi connectivity index (χ0n) is 17.1. The number of carbonyl (C=O) groups excluding carboxylic acids is 1. The van der Waals surface area contributed by atoms with Crippen molar-refractivity contribution in [3.05, 3.63) is 29.3 Å². The van der Waals surface area contributed by atoms with Gasteiger partial charge in [-0.2, -0.15) is 0 Å². The molecule has 0 aromatic heterocycles. The second-order valence-corrected chi connectivity index (χ2v) is 8.06. The Hall–Kier alpha value is -1.63. The first-order valence-electron chi connectivity index (χ1n) is 9.81. The first kappa shape index (κ1) is 20.1. The molecular weight excluding hydrogens is 342 g/mol. The van der Waals surface area contributed by atoms with Crippen LogP contribution in [0, 0.1) is 0 Å². The van der Waals surface area contributed by atoms with Gasteiger partial charge in [-0.3, -0.25) is 14.6 Å². The lowest BCUT2D eigenvalue weighted by Crippen LogP contribution is -2.50. The van der Waals surface area contributed by atoms with Crippen LogP contribution < -0.4 is 10.1 Å². The van der Waals surface area contributed by atoms with E-state index in [9.17, 15) is 4.79 Å². The van der Waals surface area contributed by atoms with E-state index in [4.69, 9.17) is 9.47 Å². The van der Waals surface area contributed by atoms with Crippen molar-refractivity contribution < 1.29 is 14.3 Å². The van der Waals surface area contributed by atoms with Gasteiger partial charge in [0.1, 0.15) is 5.75 Å². The molecule has 2 aliphatic rings. The molecule has 6 heteroatoms. The number of hydrogen-bond donors (Lipinski definition) is 1. The molecule has 0 unspecified atom stereocenters. The molecule has 0 radical (unpaired) electrons. The molecule has 2 saturated heterocycles. The van der Waals surface area contributed by atoms with Crippen molar-refractivity contribution in [2.75, 3.05) is 40.9 Å². The van der Waals surface area contributed by atoms with E-state index >= 15 is 0 Å². The van der Waals surface area contributed by atoms with Crippen LogP contribution in [0.4, 0.5) is 0 Å². The van der Waals surface area contributed by atoms with Crippen LogP contribution in [0.1, 0.15) is 37.3 Å². The van der Waals surface area contributed by atoms with Crippen LogP contribution in [0.2, 0.25) is 0 Å². The summed E-state index contributed by atoms with van der Waals surface area (Å²) in [6, 6.07) is 6.58. The molecule has 2 aliphatic heterocycles. The summed E-state index contributed by atoms with van der Waals surface area (Å²) in [7, 11) is 5.66. The average molecular weight is 376 g/mol. The average Bonchev–Trinajstić information content (AvgIpc) is 2.92. The number of piperidine rings is 1. The minimum atomic E-state index is 0.0749. The van der Waals surface area contributed by atoms with Crippen molar-refractivity contribution in [3.63, 3.8) is 0 Å². The second-order valence-electron chi connectivity index (χ2n) is 8.06. The van der Waals surface area contributed by atoms with Gasteiger partial charge in [0, 0.05) is 57.4 Å². The summed E-state index contributed by atoms with van der Waals surface area (Å²) < 4.78 is 10.8. The Morgan fingerprint density at radius 2 is 2.04 bits per heavy atom. The summed E-state index contributed by atoms with van der Waals surface area (Å²) in [6.45, 7) is 6.21. The van der Waals surface area contributed by atoms with E-state index in [0.717, 1.165) is 51.2 Å². The lowest BCUT2D eigenvalue weighted by molar-refractivity contribution is -0.119. The summed E-state index contributed by atoms with van der Waals surface area (Å²) in [5.74, 6) is 1.02. The van der Waals surface area contributed by atoms with E-state index in [-0.39, 0.29) is 17.5 Å². The number of methoxy groups -OCH3 is 2. The van der Waals surface area contributed by atoms with Gasteiger partial charge in [0.15, 0.2) is 0 Å². The number of nitrogens with one attached hydrogen (secondary N) is 1. The van der Waals surface area contributed by atoms with Crippen LogP contribution >= 0.6 is 0 Å². The van der Waals surface area contributed by atoms with Crippen LogP contribution in [-0.2, 0) is 22.7 Å². The number of hydrogen-bond acceptors (Lipinski definition) is 5. The van der Waals surface area contributed by atoms with Gasteiger partial charge >= 0.3 is 0 Å². The van der Waals surface area contributed by atoms with Crippen molar-refractivity contribution in [2.24, 2.45) is 0 Å². The van der Waals surface area contributed by atoms with Gasteiger partial charge in [-0.15, -0.1) is 0 Å². The SMILES string of the molecule is COCc1ccc(OC)c(CN2CCC3(CC2)C[C@H](NC(C)=O)CN3C)c1. The van der Waals surface area contributed by atoms with Gasteiger partial charge in [0.05, 0.1) is 13.7 Å². The van der Waals surface area contributed by atoms with E-state index in [1.54, 1.807) is 21.1 Å². The van der Waals surface area contributed by atoms with Gasteiger partial charge in [-0.1, -0.05) is 6.07 Å². The van der Waals surface area contributed by atoms with E-state index in [0.29, 0.717) is 6.61 Å². The van der Waals surface area contributed by atoms with Gasteiger partial charge in [-0.05, 0) is 44.0 Å². The molecule has 2 fully saturated rings. The van der Waals surface area contributed by atoms with Gasteiger partial charge in [-0.25, -0.2) is 0 Å². The van der Waals surface area contributed by atoms with E-state index in [1.165, 1.54) is 11.1 Å². The van der Waals surface area contributed by atoms with Gasteiger partial charge in [0.25, 0.3) is 0 Å². The molecule has 1 spiro atoms. The summed E-state index contributed by atoms with van der Waals surface area (Å²) in [5, 5.41) is 3.11. The second kappa shape index (κ2) is 8.59. The van der Waals surface area contributed by atoms with Crippen LogP contribution in [0.25, 0.3) is 0 Å². The van der Waals surface area contributed by atoms with Crippen molar-refractivity contribution in [1.82, 2.24) is 15.1 Å². The third-order valence-electron chi connectivity index (χ3n) is 6.17. The predicted molar refractivity (Wildman–Crippen MR) is 106 cm³/mol. The third-order valence-corrected chi connectivity index (χ3v) is 6.17. The van der Waals surface area contributed by atoms with Crippen LogP contribution in [0.5, 0.6) is 5.75 Å². The van der Waals surface area contributed by atoms with Crippen molar-refractivity contribution in [2.45, 2.75) is 50.9 Å². The monoisotopic (exact) mass is 375 g/mol. The number of amides is 1. The minimum absolute atomic E-state index is 0.0749. The van der Waals surface area contributed by atoms with Crippen LogP contribution in [0.15, 0.2) is 18.2 Å². The number of carbonyl (C=O) groups is 1. The molecule has 0 aliphatic carbocycles. The quantitative estimate of drug-likeness (QED) is 0.824. The molecule has 0 saturated carbocycles. The lowest BCUT2D eigenvalue weighted by Gasteiger charge is -2.43. The topological polar surface area (TPSA) is 54.0 Å². The normalized spacial score (nSPS) is 22.9. The van der Waals surface area contributed by atoms with E-state index in [1.807, 2.05) is 6.07 Å². The van der Waals surface area contributed by atoms with Crippen molar-refractivity contribution in [3.8, 4) is 5.75 Å². The Morgan fingerprint density at radius 1 is 1.30 bits per heavy atom. The zero-order valence-corrected chi connectivity index (χ0v) is 17.1. The predicted octanol–water partition coefficient (Wildman–Crippen LogP) is 2.02. The van der Waals surface area contributed by atoms with Crippen molar-refractivity contribution >= 4 is 5.91 Å². The maximum atomic E-state index is 11.4. The maximum absolute atomic E-state index is 11.4. The minimum Gasteiger partial charge on any atom is -0.496 e. The zero-order chi connectivity index (χ0) is 19.4. The lowest BCUT2D eigenvalue weighted by atomic mass is 9.84. The first-order chi connectivity index (χ1) is 13.0. The maximum Gasteiger partial charge on any atom is 0.217 e. The Morgan fingerprint density at radius 3 is 2.67 bits per heavy atom. The first-order valence-corrected chi connectivity index (χ1v) is 9.81. The fraction of sp³-hybridized carbons (Fsp3) is 0.667. The van der Waals surface area contributed by atoms with Crippen LogP contribution in [0.3, 0.4) is 0 Å². The Kier molecular flexibility index (Phi) is 6.40. The largest absolute Gasteiger partial charge is 0.496 e. The molecule has 0 bridgehead atoms. The summed E-state index contributed by atoms with van der Waals surface area (Å²) in [5.41, 5.74) is 2.63. The van der Waals surface area contributed by atoms with E-state index < -0.39 is 0 Å². The number of likely N-dealkylation sites (N-methyl/N-ethyl adjacent to an activating group) is 1. The Bertz CT molecular complexity index is 656. The molecule has 1 atom stereocenters. The fourth-order valence-electron chi connectivity index (χ4n) is 4.75. The molecular formula is C21H33N3O3. The molecule has 150 valence electrons. The number of nitrogens with zero attached hydrogens (tertiary/aromatic N) is 2. The third kappa shape index (κ3) is 4.62. The number of ether oxygens (including phenoxy) is 2. The molecule has 1 aromatic carbocycles. The summed E-state index contributed by atoms with van der Waals surface area (Å²) in [6.07, 6.45) is 3.34.